The monoisotopic (exact) mass is 169 g/mol. The van der Waals surface area contributed by atoms with E-state index in [-0.39, 0.29) is 17.9 Å². The molecule has 0 aromatic rings. The highest BCUT2D eigenvalue weighted by Crippen LogP contribution is 1.88. The second kappa shape index (κ2) is 5.56. The van der Waals surface area contributed by atoms with Crippen LogP contribution in [0.1, 0.15) is 13.8 Å². The molecule has 4 heteroatoms. The molecule has 0 rings (SSSR count). The number of rotatable bonds is 4. The van der Waals surface area contributed by atoms with Crippen LogP contribution in [-0.2, 0) is 4.79 Å². The zero-order valence-corrected chi connectivity index (χ0v) is 7.72. The van der Waals surface area contributed by atoms with E-state index in [1.165, 1.54) is 0 Å². The van der Waals surface area contributed by atoms with Gasteiger partial charge in [0.15, 0.2) is 0 Å². The van der Waals surface area contributed by atoms with Gasteiger partial charge in [-0.3, -0.25) is 4.79 Å². The van der Waals surface area contributed by atoms with Gasteiger partial charge < -0.3 is 10.6 Å². The molecular formula is C8H15N3O. The highest BCUT2D eigenvalue weighted by molar-refractivity contribution is 5.81. The molecule has 0 aliphatic carbocycles. The van der Waals surface area contributed by atoms with Crippen molar-refractivity contribution in [3.05, 3.63) is 0 Å². The van der Waals surface area contributed by atoms with Crippen LogP contribution < -0.4 is 10.6 Å². The Morgan fingerprint density at radius 1 is 1.58 bits per heavy atom. The van der Waals surface area contributed by atoms with Gasteiger partial charge in [-0.25, -0.2) is 0 Å². The Balaban J connectivity index is 3.65. The van der Waals surface area contributed by atoms with Crippen LogP contribution in [0.4, 0.5) is 0 Å². The number of hydrogen-bond acceptors (Lipinski definition) is 3. The van der Waals surface area contributed by atoms with Gasteiger partial charge >= 0.3 is 0 Å². The molecule has 2 N–H and O–H groups in total. The largest absolute Gasteiger partial charge is 0.353 e. The average Bonchev–Trinajstić information content (AvgIpc) is 2.11. The molecule has 0 aromatic heterocycles. The van der Waals surface area contributed by atoms with Crippen LogP contribution in [-0.4, -0.2) is 25.5 Å². The van der Waals surface area contributed by atoms with Crippen LogP contribution in [0.3, 0.4) is 0 Å². The number of amides is 1. The summed E-state index contributed by atoms with van der Waals surface area (Å²) >= 11 is 0. The van der Waals surface area contributed by atoms with Crippen LogP contribution in [0.5, 0.6) is 0 Å². The van der Waals surface area contributed by atoms with Crippen LogP contribution in [0, 0.1) is 17.2 Å². The third-order valence-corrected chi connectivity index (χ3v) is 1.63. The minimum absolute atomic E-state index is 0.0698. The smallest absolute Gasteiger partial charge is 0.236 e. The van der Waals surface area contributed by atoms with Crippen LogP contribution >= 0.6 is 0 Å². The van der Waals surface area contributed by atoms with E-state index in [1.54, 1.807) is 20.9 Å². The lowest BCUT2D eigenvalue weighted by atomic mass is 10.2. The number of nitrogens with zero attached hydrogens (tertiary/aromatic N) is 1. The summed E-state index contributed by atoms with van der Waals surface area (Å²) in [6.45, 7) is 3.96. The standard InChI is InChI=1S/C8H15N3O/c1-6(4-9)5-11-8(12)7(2)10-3/h6-7,10H,5H2,1-3H3,(H,11,12). The molecule has 0 aliphatic heterocycles. The summed E-state index contributed by atoms with van der Waals surface area (Å²) in [5.41, 5.74) is 0. The van der Waals surface area contributed by atoms with Crippen molar-refractivity contribution in [2.24, 2.45) is 5.92 Å². The maximum absolute atomic E-state index is 11.1. The Morgan fingerprint density at radius 3 is 2.58 bits per heavy atom. The molecular weight excluding hydrogens is 154 g/mol. The minimum Gasteiger partial charge on any atom is -0.353 e. The van der Waals surface area contributed by atoms with Gasteiger partial charge in [0, 0.05) is 6.54 Å². The Kier molecular flexibility index (Phi) is 5.06. The molecule has 1 amide bonds. The Hall–Kier alpha value is -1.08. The lowest BCUT2D eigenvalue weighted by Gasteiger charge is -2.11. The quantitative estimate of drug-likeness (QED) is 0.616. The fourth-order valence-electron chi connectivity index (χ4n) is 0.584. The van der Waals surface area contributed by atoms with Crippen LogP contribution in [0.15, 0.2) is 0 Å². The van der Waals surface area contributed by atoms with E-state index in [1.807, 2.05) is 6.07 Å². The predicted molar refractivity (Wildman–Crippen MR) is 46.3 cm³/mol. The first-order valence-electron chi connectivity index (χ1n) is 3.96. The molecule has 0 saturated carbocycles. The Morgan fingerprint density at radius 2 is 2.17 bits per heavy atom. The van der Waals surface area contributed by atoms with Crippen molar-refractivity contribution >= 4 is 5.91 Å². The number of nitriles is 1. The Bertz CT molecular complexity index is 185. The summed E-state index contributed by atoms with van der Waals surface area (Å²) in [4.78, 5) is 11.1. The fourth-order valence-corrected chi connectivity index (χ4v) is 0.584. The molecule has 2 unspecified atom stereocenters. The molecule has 4 nitrogen and oxygen atoms in total. The van der Waals surface area contributed by atoms with Gasteiger partial charge in [-0.15, -0.1) is 0 Å². The summed E-state index contributed by atoms with van der Waals surface area (Å²) < 4.78 is 0. The van der Waals surface area contributed by atoms with Crippen molar-refractivity contribution < 1.29 is 4.79 Å². The number of carbonyl (C=O) groups is 1. The topological polar surface area (TPSA) is 64.9 Å². The fraction of sp³-hybridized carbons (Fsp3) is 0.750. The van der Waals surface area contributed by atoms with Crippen molar-refractivity contribution in [2.75, 3.05) is 13.6 Å². The number of likely N-dealkylation sites (N-methyl/N-ethyl adjacent to an activating group) is 1. The summed E-state index contributed by atoms with van der Waals surface area (Å²) in [6.07, 6.45) is 0. The van der Waals surface area contributed by atoms with Crippen molar-refractivity contribution in [3.63, 3.8) is 0 Å². The normalized spacial score (nSPS) is 14.5. The second-order valence-corrected chi connectivity index (χ2v) is 2.79. The van der Waals surface area contributed by atoms with E-state index >= 15 is 0 Å². The van der Waals surface area contributed by atoms with Gasteiger partial charge in [0.2, 0.25) is 5.91 Å². The van der Waals surface area contributed by atoms with E-state index < -0.39 is 0 Å². The van der Waals surface area contributed by atoms with Gasteiger partial charge in [0.25, 0.3) is 0 Å². The molecule has 2 atom stereocenters. The van der Waals surface area contributed by atoms with Crippen molar-refractivity contribution in [1.29, 1.82) is 5.26 Å². The molecule has 0 fully saturated rings. The summed E-state index contributed by atoms with van der Waals surface area (Å²) in [7, 11) is 1.72. The molecule has 0 saturated heterocycles. The zero-order chi connectivity index (χ0) is 9.56. The number of carbonyl (C=O) groups excluding carboxylic acids is 1. The van der Waals surface area contributed by atoms with Gasteiger partial charge in [-0.1, -0.05) is 0 Å². The van der Waals surface area contributed by atoms with Crippen LogP contribution in [0.2, 0.25) is 0 Å². The molecule has 0 aromatic carbocycles. The third kappa shape index (κ3) is 3.94. The zero-order valence-electron chi connectivity index (χ0n) is 7.72. The summed E-state index contributed by atoms with van der Waals surface area (Å²) in [5, 5.41) is 13.9. The SMILES string of the molecule is CNC(C)C(=O)NCC(C)C#N. The maximum atomic E-state index is 11.1. The van der Waals surface area contributed by atoms with E-state index in [4.69, 9.17) is 5.26 Å². The Labute approximate surface area is 72.9 Å². The lowest BCUT2D eigenvalue weighted by Crippen LogP contribution is -2.41. The molecule has 0 heterocycles. The van der Waals surface area contributed by atoms with Crippen molar-refractivity contribution in [3.8, 4) is 6.07 Å². The molecule has 0 aliphatic rings. The van der Waals surface area contributed by atoms with E-state index in [0.29, 0.717) is 6.54 Å². The van der Waals surface area contributed by atoms with Gasteiger partial charge in [-0.2, -0.15) is 5.26 Å². The van der Waals surface area contributed by atoms with Crippen molar-refractivity contribution in [2.45, 2.75) is 19.9 Å². The molecule has 12 heavy (non-hydrogen) atoms. The van der Waals surface area contributed by atoms with Gasteiger partial charge in [0.05, 0.1) is 18.0 Å². The predicted octanol–water partition coefficient (Wildman–Crippen LogP) is -0.130. The summed E-state index contributed by atoms with van der Waals surface area (Å²) in [6, 6.07) is 1.84. The molecule has 0 radical (unpaired) electrons. The number of hydrogen-bond donors (Lipinski definition) is 2. The van der Waals surface area contributed by atoms with Crippen molar-refractivity contribution in [1.82, 2.24) is 10.6 Å². The van der Waals surface area contributed by atoms with E-state index in [2.05, 4.69) is 10.6 Å². The highest BCUT2D eigenvalue weighted by atomic mass is 16.2. The maximum Gasteiger partial charge on any atom is 0.236 e. The first-order chi connectivity index (χ1) is 5.61. The molecule has 0 bridgehead atoms. The summed E-state index contributed by atoms with van der Waals surface area (Å²) in [5.74, 6) is -0.197. The van der Waals surface area contributed by atoms with E-state index in [9.17, 15) is 4.79 Å². The first-order valence-corrected chi connectivity index (χ1v) is 3.96. The molecule has 68 valence electrons. The van der Waals surface area contributed by atoms with E-state index in [0.717, 1.165) is 0 Å². The molecule has 0 spiro atoms. The number of nitrogens with one attached hydrogen (secondary N) is 2. The van der Waals surface area contributed by atoms with Gasteiger partial charge in [0.1, 0.15) is 0 Å². The first kappa shape index (κ1) is 10.9. The van der Waals surface area contributed by atoms with Crippen LogP contribution in [0.25, 0.3) is 0 Å². The third-order valence-electron chi connectivity index (χ3n) is 1.63. The lowest BCUT2D eigenvalue weighted by molar-refractivity contribution is -0.122. The minimum atomic E-state index is -0.198. The highest BCUT2D eigenvalue weighted by Gasteiger charge is 2.10. The average molecular weight is 169 g/mol. The van der Waals surface area contributed by atoms with Gasteiger partial charge in [-0.05, 0) is 20.9 Å². The second-order valence-electron chi connectivity index (χ2n) is 2.79.